The van der Waals surface area contributed by atoms with E-state index < -0.39 is 11.7 Å². The molecule has 0 unspecified atom stereocenters. The van der Waals surface area contributed by atoms with Crippen LogP contribution in [0.25, 0.3) is 5.70 Å². The Labute approximate surface area is 211 Å². The molecule has 2 aromatic heterocycles. The standard InChI is InChI=1S/C26H24F3N7O/c1-18-16-35(23(37)17-33-9-11-34(12-10-33)22-7-2-3-8-31-22)25-20(14-30)15-32-36(25)24(18)19-5-4-6-21(13-19)26(27,28)29/h2-8,13,15H,9-12,16-17H2,1H3. The summed E-state index contributed by atoms with van der Waals surface area (Å²) in [6.07, 6.45) is -1.40. The molecule has 1 aromatic carbocycles. The number of nitriles is 1. The molecule has 0 saturated carbocycles. The van der Waals surface area contributed by atoms with Crippen LogP contribution in [0.3, 0.4) is 0 Å². The van der Waals surface area contributed by atoms with E-state index in [2.05, 4.69) is 26.0 Å². The van der Waals surface area contributed by atoms with Crippen LogP contribution in [-0.2, 0) is 11.0 Å². The van der Waals surface area contributed by atoms with E-state index in [0.717, 1.165) is 31.0 Å². The van der Waals surface area contributed by atoms with Crippen molar-refractivity contribution in [3.8, 4) is 6.07 Å². The van der Waals surface area contributed by atoms with Crippen LogP contribution in [0.15, 0.2) is 60.4 Å². The molecule has 0 bridgehead atoms. The molecular formula is C26H24F3N7O. The van der Waals surface area contributed by atoms with Gasteiger partial charge in [-0.05, 0) is 36.8 Å². The Balaban J connectivity index is 1.37. The van der Waals surface area contributed by atoms with E-state index in [9.17, 15) is 23.2 Å². The van der Waals surface area contributed by atoms with Crippen LogP contribution in [0, 0.1) is 11.3 Å². The van der Waals surface area contributed by atoms with Crippen molar-refractivity contribution in [3.05, 3.63) is 77.1 Å². The predicted molar refractivity (Wildman–Crippen MR) is 132 cm³/mol. The van der Waals surface area contributed by atoms with E-state index in [1.54, 1.807) is 19.2 Å². The van der Waals surface area contributed by atoms with E-state index in [0.29, 0.717) is 29.9 Å². The number of amides is 1. The van der Waals surface area contributed by atoms with Crippen LogP contribution in [0.4, 0.5) is 24.8 Å². The molecule has 0 N–H and O–H groups in total. The highest BCUT2D eigenvalue weighted by atomic mass is 19.4. The third kappa shape index (κ3) is 4.80. The van der Waals surface area contributed by atoms with Gasteiger partial charge in [-0.1, -0.05) is 18.2 Å². The van der Waals surface area contributed by atoms with Crippen LogP contribution in [0.1, 0.15) is 23.6 Å². The Kier molecular flexibility index (Phi) is 6.43. The average molecular weight is 508 g/mol. The highest BCUT2D eigenvalue weighted by Gasteiger charge is 2.34. The van der Waals surface area contributed by atoms with Crippen molar-refractivity contribution in [1.82, 2.24) is 19.7 Å². The number of rotatable bonds is 4. The van der Waals surface area contributed by atoms with Gasteiger partial charge in [-0.25, -0.2) is 9.67 Å². The summed E-state index contributed by atoms with van der Waals surface area (Å²) in [7, 11) is 0. The number of fused-ring (bicyclic) bond motifs is 1. The largest absolute Gasteiger partial charge is 0.416 e. The third-order valence-electron chi connectivity index (χ3n) is 6.60. The van der Waals surface area contributed by atoms with Crippen LogP contribution in [0.2, 0.25) is 0 Å². The summed E-state index contributed by atoms with van der Waals surface area (Å²) in [6.45, 7) is 4.86. The zero-order chi connectivity index (χ0) is 26.2. The summed E-state index contributed by atoms with van der Waals surface area (Å²) in [5.41, 5.74) is 0.843. The second-order valence-corrected chi connectivity index (χ2v) is 9.04. The minimum Gasteiger partial charge on any atom is -0.354 e. The van der Waals surface area contributed by atoms with Crippen LogP contribution >= 0.6 is 0 Å². The van der Waals surface area contributed by atoms with Gasteiger partial charge in [0.25, 0.3) is 0 Å². The maximum absolute atomic E-state index is 13.5. The number of hydrogen-bond acceptors (Lipinski definition) is 6. The number of alkyl halides is 3. The maximum Gasteiger partial charge on any atom is 0.416 e. The minimum atomic E-state index is -4.49. The summed E-state index contributed by atoms with van der Waals surface area (Å²) in [5, 5.41) is 14.0. The molecule has 5 rings (SSSR count). The van der Waals surface area contributed by atoms with E-state index in [1.807, 2.05) is 18.2 Å². The molecule has 2 aliphatic rings. The van der Waals surface area contributed by atoms with E-state index in [-0.39, 0.29) is 30.4 Å². The molecule has 1 fully saturated rings. The number of pyridine rings is 1. The summed E-state index contributed by atoms with van der Waals surface area (Å²) >= 11 is 0. The van der Waals surface area contributed by atoms with Crippen molar-refractivity contribution in [2.24, 2.45) is 0 Å². The maximum atomic E-state index is 13.5. The summed E-state index contributed by atoms with van der Waals surface area (Å²) < 4.78 is 41.5. The van der Waals surface area contributed by atoms with Crippen LogP contribution < -0.4 is 9.80 Å². The number of benzene rings is 1. The molecule has 0 spiro atoms. The van der Waals surface area contributed by atoms with E-state index >= 15 is 0 Å². The molecule has 3 aromatic rings. The molecule has 11 heteroatoms. The predicted octanol–water partition coefficient (Wildman–Crippen LogP) is 3.62. The van der Waals surface area contributed by atoms with Gasteiger partial charge < -0.3 is 4.90 Å². The normalized spacial score (nSPS) is 16.5. The van der Waals surface area contributed by atoms with Crippen molar-refractivity contribution in [3.63, 3.8) is 0 Å². The first-order valence-corrected chi connectivity index (χ1v) is 11.8. The SMILES string of the molecule is CC1=C(c2cccc(C(F)(F)F)c2)n2ncc(C#N)c2N(C(=O)CN2CCN(c3ccccn3)CC2)C1. The molecule has 2 aliphatic heterocycles. The molecule has 1 amide bonds. The Morgan fingerprint density at radius 1 is 1.11 bits per heavy atom. The Bertz CT molecular complexity index is 1380. The number of anilines is 2. The van der Waals surface area contributed by atoms with Gasteiger partial charge >= 0.3 is 6.18 Å². The Morgan fingerprint density at radius 2 is 1.89 bits per heavy atom. The summed E-state index contributed by atoms with van der Waals surface area (Å²) in [4.78, 5) is 23.6. The van der Waals surface area contributed by atoms with Gasteiger partial charge in [0.1, 0.15) is 17.5 Å². The zero-order valence-corrected chi connectivity index (χ0v) is 20.1. The second kappa shape index (κ2) is 9.71. The molecule has 8 nitrogen and oxygen atoms in total. The van der Waals surface area contributed by atoms with Crippen LogP contribution in [0.5, 0.6) is 0 Å². The van der Waals surface area contributed by atoms with E-state index in [1.165, 1.54) is 21.8 Å². The summed E-state index contributed by atoms with van der Waals surface area (Å²) in [6, 6.07) is 12.8. The molecule has 0 radical (unpaired) electrons. The third-order valence-corrected chi connectivity index (χ3v) is 6.60. The molecule has 1 saturated heterocycles. The highest BCUT2D eigenvalue weighted by molar-refractivity contribution is 5.98. The Hall–Kier alpha value is -4.17. The topological polar surface area (TPSA) is 81.3 Å². The number of halogens is 3. The number of aromatic nitrogens is 3. The lowest BCUT2D eigenvalue weighted by molar-refractivity contribution is -0.137. The lowest BCUT2D eigenvalue weighted by atomic mass is 10.0. The van der Waals surface area contributed by atoms with Gasteiger partial charge in [0.2, 0.25) is 5.91 Å². The molecule has 4 heterocycles. The van der Waals surface area contributed by atoms with Gasteiger partial charge in [0.15, 0.2) is 5.82 Å². The summed E-state index contributed by atoms with van der Waals surface area (Å²) in [5.74, 6) is 0.972. The second-order valence-electron chi connectivity index (χ2n) is 9.04. The lowest BCUT2D eigenvalue weighted by Crippen LogP contribution is -2.51. The van der Waals surface area contributed by atoms with E-state index in [4.69, 9.17) is 0 Å². The van der Waals surface area contributed by atoms with Gasteiger partial charge in [-0.2, -0.15) is 23.5 Å². The van der Waals surface area contributed by atoms with Crippen molar-refractivity contribution in [1.29, 1.82) is 5.26 Å². The molecule has 0 aliphatic carbocycles. The molecular weight excluding hydrogens is 483 g/mol. The number of piperazine rings is 1. The smallest absolute Gasteiger partial charge is 0.354 e. The number of carbonyl (C=O) groups excluding carboxylic acids is 1. The fourth-order valence-electron chi connectivity index (χ4n) is 4.78. The van der Waals surface area contributed by atoms with Gasteiger partial charge in [-0.3, -0.25) is 14.6 Å². The first-order chi connectivity index (χ1) is 17.8. The van der Waals surface area contributed by atoms with Crippen molar-refractivity contribution >= 4 is 23.2 Å². The van der Waals surface area contributed by atoms with Crippen molar-refractivity contribution < 1.29 is 18.0 Å². The lowest BCUT2D eigenvalue weighted by Gasteiger charge is -2.37. The molecule has 190 valence electrons. The highest BCUT2D eigenvalue weighted by Crippen LogP contribution is 2.37. The van der Waals surface area contributed by atoms with Gasteiger partial charge in [-0.15, -0.1) is 0 Å². The number of hydrogen-bond donors (Lipinski definition) is 0. The van der Waals surface area contributed by atoms with Crippen LogP contribution in [-0.4, -0.2) is 64.8 Å². The monoisotopic (exact) mass is 507 g/mol. The fourth-order valence-corrected chi connectivity index (χ4v) is 4.78. The Morgan fingerprint density at radius 3 is 2.57 bits per heavy atom. The first-order valence-electron chi connectivity index (χ1n) is 11.8. The minimum absolute atomic E-state index is 0.151. The fraction of sp³-hybridized carbons (Fsp3) is 0.308. The number of nitrogens with zero attached hydrogens (tertiary/aromatic N) is 7. The average Bonchev–Trinajstić information content (AvgIpc) is 3.32. The molecule has 0 atom stereocenters. The zero-order valence-electron chi connectivity index (χ0n) is 20.1. The first kappa shape index (κ1) is 24.5. The number of carbonyl (C=O) groups is 1. The quantitative estimate of drug-likeness (QED) is 0.537. The van der Waals surface area contributed by atoms with Crippen molar-refractivity contribution in [2.75, 3.05) is 49.1 Å². The molecule has 37 heavy (non-hydrogen) atoms. The van der Waals surface area contributed by atoms with Gasteiger partial charge in [0, 0.05) is 37.9 Å². The van der Waals surface area contributed by atoms with Crippen molar-refractivity contribution in [2.45, 2.75) is 13.1 Å². The van der Waals surface area contributed by atoms with Gasteiger partial charge in [0.05, 0.1) is 30.5 Å².